The molecule has 0 N–H and O–H groups in total. The third-order valence-corrected chi connectivity index (χ3v) is 17.4. The van der Waals surface area contributed by atoms with Crippen molar-refractivity contribution in [2.75, 3.05) is 13.2 Å². The van der Waals surface area contributed by atoms with Gasteiger partial charge in [0.1, 0.15) is 13.2 Å². The fourth-order valence-corrected chi connectivity index (χ4v) is 11.8. The van der Waals surface area contributed by atoms with Crippen LogP contribution in [0.15, 0.2) is 0 Å². The maximum Gasteiger partial charge on any atom is 0.306 e. The summed E-state index contributed by atoms with van der Waals surface area (Å²) in [5.74, 6) is -0.817. The molecule has 0 aromatic carbocycles. The molecule has 0 aliphatic rings. The summed E-state index contributed by atoms with van der Waals surface area (Å²) in [6.07, 6.45) is 82.9. The molecule has 0 amide bonds. The fourth-order valence-electron chi connectivity index (χ4n) is 11.8. The van der Waals surface area contributed by atoms with Crippen LogP contribution in [-0.2, 0) is 28.6 Å². The van der Waals surface area contributed by atoms with E-state index in [0.29, 0.717) is 19.3 Å². The van der Waals surface area contributed by atoms with E-state index < -0.39 is 6.10 Å². The molecular formula is C74H144O6. The van der Waals surface area contributed by atoms with Crippen molar-refractivity contribution in [2.45, 2.75) is 444 Å². The van der Waals surface area contributed by atoms with E-state index >= 15 is 0 Å². The summed E-state index contributed by atoms with van der Waals surface area (Å²) in [5.41, 5.74) is 0. The first kappa shape index (κ1) is 78.4. The summed E-state index contributed by atoms with van der Waals surface area (Å²) < 4.78 is 17.0. The van der Waals surface area contributed by atoms with Crippen molar-refractivity contribution in [1.29, 1.82) is 0 Å². The van der Waals surface area contributed by atoms with Crippen LogP contribution in [0.1, 0.15) is 438 Å². The normalized spacial score (nSPS) is 11.9. The standard InChI is InChI=1S/C74H144O6/c1-4-7-10-13-16-19-22-25-28-30-32-33-34-35-36-37-38-39-40-41-42-44-46-49-52-55-58-61-64-67-73(76)79-70-71(69-78-72(75)66-63-60-57-54-51-48-45-27-24-21-18-15-12-9-6-3)80-74(77)68-65-62-59-56-53-50-47-43-31-29-26-23-20-17-14-11-8-5-2/h71H,4-70H2,1-3H3. The third kappa shape index (κ3) is 67.2. The Labute approximate surface area is 501 Å². The van der Waals surface area contributed by atoms with Gasteiger partial charge in [-0.2, -0.15) is 0 Å². The Kier molecular flexibility index (Phi) is 68.5. The number of ether oxygens (including phenoxy) is 3. The molecule has 0 saturated heterocycles. The summed E-state index contributed by atoms with van der Waals surface area (Å²) in [6.45, 7) is 6.75. The number of esters is 3. The molecule has 0 aliphatic carbocycles. The molecule has 80 heavy (non-hydrogen) atoms. The van der Waals surface area contributed by atoms with E-state index in [4.69, 9.17) is 14.2 Å². The zero-order valence-corrected chi connectivity index (χ0v) is 54.9. The molecule has 6 heteroatoms. The lowest BCUT2D eigenvalue weighted by molar-refractivity contribution is -0.167. The van der Waals surface area contributed by atoms with E-state index in [1.54, 1.807) is 0 Å². The second-order valence-corrected chi connectivity index (χ2v) is 25.6. The van der Waals surface area contributed by atoms with Gasteiger partial charge in [0.05, 0.1) is 0 Å². The van der Waals surface area contributed by atoms with Gasteiger partial charge in [0.25, 0.3) is 0 Å². The van der Waals surface area contributed by atoms with Crippen molar-refractivity contribution in [3.8, 4) is 0 Å². The smallest absolute Gasteiger partial charge is 0.306 e. The first-order chi connectivity index (χ1) is 39.5. The van der Waals surface area contributed by atoms with Crippen molar-refractivity contribution in [3.63, 3.8) is 0 Å². The van der Waals surface area contributed by atoms with Gasteiger partial charge in [-0.05, 0) is 19.3 Å². The van der Waals surface area contributed by atoms with Gasteiger partial charge in [-0.1, -0.05) is 400 Å². The van der Waals surface area contributed by atoms with Crippen LogP contribution in [0.3, 0.4) is 0 Å². The summed E-state index contributed by atoms with van der Waals surface area (Å²) in [6, 6.07) is 0. The SMILES string of the molecule is CCCCCCCCCCCCCCCCCCCCCCCCCCCCCCCC(=O)OCC(COC(=O)CCCCCCCCCCCCCCCCC)OC(=O)CCCCCCCCCCCCCCCCCCCC. The molecular weight excluding hydrogens is 985 g/mol. The number of hydrogen-bond acceptors (Lipinski definition) is 6. The van der Waals surface area contributed by atoms with Gasteiger partial charge in [0, 0.05) is 19.3 Å². The maximum atomic E-state index is 13.0. The number of unbranched alkanes of at least 4 members (excludes halogenated alkanes) is 59. The molecule has 0 saturated carbocycles. The van der Waals surface area contributed by atoms with Crippen molar-refractivity contribution >= 4 is 17.9 Å². The number of hydrogen-bond donors (Lipinski definition) is 0. The minimum Gasteiger partial charge on any atom is -0.462 e. The predicted octanol–water partition coefficient (Wildman–Crippen LogP) is 25.4. The number of carbonyl (C=O) groups excluding carboxylic acids is 3. The average Bonchev–Trinajstić information content (AvgIpc) is 3.46. The Morgan fingerprint density at radius 2 is 0.338 bits per heavy atom. The van der Waals surface area contributed by atoms with E-state index in [1.807, 2.05) is 0 Å². The van der Waals surface area contributed by atoms with Gasteiger partial charge >= 0.3 is 17.9 Å². The zero-order chi connectivity index (χ0) is 57.8. The molecule has 1 unspecified atom stereocenters. The molecule has 0 fully saturated rings. The van der Waals surface area contributed by atoms with E-state index in [0.717, 1.165) is 57.8 Å². The van der Waals surface area contributed by atoms with Crippen molar-refractivity contribution in [3.05, 3.63) is 0 Å². The van der Waals surface area contributed by atoms with Gasteiger partial charge in [-0.25, -0.2) is 0 Å². The number of carbonyl (C=O) groups is 3. The molecule has 0 rings (SSSR count). The van der Waals surface area contributed by atoms with E-state index in [-0.39, 0.29) is 31.1 Å². The Morgan fingerprint density at radius 3 is 0.500 bits per heavy atom. The van der Waals surface area contributed by atoms with Crippen LogP contribution in [0.25, 0.3) is 0 Å². The quantitative estimate of drug-likeness (QED) is 0.0343. The van der Waals surface area contributed by atoms with E-state index in [1.165, 1.54) is 340 Å². The highest BCUT2D eigenvalue weighted by Crippen LogP contribution is 2.20. The van der Waals surface area contributed by atoms with Crippen molar-refractivity contribution < 1.29 is 28.6 Å². The van der Waals surface area contributed by atoms with Crippen LogP contribution >= 0.6 is 0 Å². The van der Waals surface area contributed by atoms with Crippen LogP contribution in [0.5, 0.6) is 0 Å². The van der Waals surface area contributed by atoms with E-state index in [2.05, 4.69) is 20.8 Å². The van der Waals surface area contributed by atoms with Crippen LogP contribution in [0.4, 0.5) is 0 Å². The second-order valence-electron chi connectivity index (χ2n) is 25.6. The molecule has 0 bridgehead atoms. The lowest BCUT2D eigenvalue weighted by Crippen LogP contribution is -2.30. The largest absolute Gasteiger partial charge is 0.462 e. The molecule has 0 aromatic heterocycles. The molecule has 0 heterocycles. The lowest BCUT2D eigenvalue weighted by atomic mass is 10.0. The average molecular weight is 1130 g/mol. The van der Waals surface area contributed by atoms with Crippen LogP contribution in [0, 0.1) is 0 Å². The highest BCUT2D eigenvalue weighted by molar-refractivity contribution is 5.71. The highest BCUT2D eigenvalue weighted by Gasteiger charge is 2.20. The number of rotatable bonds is 70. The van der Waals surface area contributed by atoms with Gasteiger partial charge in [-0.15, -0.1) is 0 Å². The second kappa shape index (κ2) is 69.9. The van der Waals surface area contributed by atoms with Gasteiger partial charge in [0.2, 0.25) is 0 Å². The summed E-state index contributed by atoms with van der Waals surface area (Å²) in [7, 11) is 0. The summed E-state index contributed by atoms with van der Waals surface area (Å²) in [5, 5.41) is 0. The molecule has 1 atom stereocenters. The lowest BCUT2D eigenvalue weighted by Gasteiger charge is -2.18. The van der Waals surface area contributed by atoms with Crippen LogP contribution in [-0.4, -0.2) is 37.2 Å². The zero-order valence-electron chi connectivity index (χ0n) is 54.9. The van der Waals surface area contributed by atoms with Gasteiger partial charge in [0.15, 0.2) is 6.10 Å². The fraction of sp³-hybridized carbons (Fsp3) is 0.959. The molecule has 0 aliphatic heterocycles. The molecule has 476 valence electrons. The molecule has 6 nitrogen and oxygen atoms in total. The topological polar surface area (TPSA) is 78.9 Å². The first-order valence-electron chi connectivity index (χ1n) is 37.0. The molecule has 0 spiro atoms. The summed E-state index contributed by atoms with van der Waals surface area (Å²) >= 11 is 0. The van der Waals surface area contributed by atoms with E-state index in [9.17, 15) is 14.4 Å². The van der Waals surface area contributed by atoms with Gasteiger partial charge in [-0.3, -0.25) is 14.4 Å². The predicted molar refractivity (Wildman–Crippen MR) is 349 cm³/mol. The Morgan fingerprint density at radius 1 is 0.200 bits per heavy atom. The van der Waals surface area contributed by atoms with Crippen LogP contribution < -0.4 is 0 Å². The monoisotopic (exact) mass is 1130 g/mol. The third-order valence-electron chi connectivity index (χ3n) is 17.4. The Bertz CT molecular complexity index is 1200. The Hall–Kier alpha value is -1.59. The van der Waals surface area contributed by atoms with Crippen molar-refractivity contribution in [2.24, 2.45) is 0 Å². The van der Waals surface area contributed by atoms with Crippen LogP contribution in [0.2, 0.25) is 0 Å². The molecule has 0 radical (unpaired) electrons. The summed E-state index contributed by atoms with van der Waals surface area (Å²) in [4.78, 5) is 38.5. The minimum atomic E-state index is -0.763. The minimum absolute atomic E-state index is 0.0600. The molecule has 0 aromatic rings. The van der Waals surface area contributed by atoms with Crippen molar-refractivity contribution in [1.82, 2.24) is 0 Å². The Balaban J connectivity index is 4.15. The van der Waals surface area contributed by atoms with Gasteiger partial charge < -0.3 is 14.2 Å². The first-order valence-corrected chi connectivity index (χ1v) is 37.0. The highest BCUT2D eigenvalue weighted by atomic mass is 16.6. The maximum absolute atomic E-state index is 13.0.